The second-order valence-corrected chi connectivity index (χ2v) is 1.54. The van der Waals surface area contributed by atoms with Crippen LogP contribution in [0.25, 0.3) is 0 Å². The SMILES string of the molecule is [CH2]C#CC(C)OC(=O)OC. The van der Waals surface area contributed by atoms with Crippen LogP contribution in [0, 0.1) is 18.8 Å². The highest BCUT2D eigenvalue weighted by Crippen LogP contribution is 1.90. The van der Waals surface area contributed by atoms with Gasteiger partial charge in [-0.15, -0.1) is 0 Å². The molecule has 10 heavy (non-hydrogen) atoms. The number of hydrogen-bond donors (Lipinski definition) is 0. The van der Waals surface area contributed by atoms with Gasteiger partial charge >= 0.3 is 6.16 Å². The van der Waals surface area contributed by atoms with Crippen LogP contribution in [0.4, 0.5) is 4.79 Å². The molecule has 55 valence electrons. The van der Waals surface area contributed by atoms with Crippen LogP contribution in [0.2, 0.25) is 0 Å². The third kappa shape index (κ3) is 3.79. The van der Waals surface area contributed by atoms with E-state index in [-0.39, 0.29) is 0 Å². The van der Waals surface area contributed by atoms with Crippen molar-refractivity contribution < 1.29 is 14.3 Å². The highest BCUT2D eigenvalue weighted by atomic mass is 16.7. The molecular weight excluding hydrogens is 132 g/mol. The van der Waals surface area contributed by atoms with Gasteiger partial charge < -0.3 is 9.47 Å². The van der Waals surface area contributed by atoms with E-state index in [2.05, 4.69) is 28.2 Å². The maximum atomic E-state index is 10.4. The van der Waals surface area contributed by atoms with Gasteiger partial charge in [-0.1, -0.05) is 11.8 Å². The summed E-state index contributed by atoms with van der Waals surface area (Å²) in [6, 6.07) is 0. The van der Waals surface area contributed by atoms with E-state index in [1.54, 1.807) is 6.92 Å². The fourth-order valence-corrected chi connectivity index (χ4v) is 0.366. The molecule has 0 aliphatic heterocycles. The van der Waals surface area contributed by atoms with E-state index in [1.807, 2.05) is 0 Å². The standard InChI is InChI=1S/C7H9O3/c1-4-5-6(2)10-7(8)9-3/h6H,1H2,2-3H3. The predicted molar refractivity (Wildman–Crippen MR) is 36.1 cm³/mol. The monoisotopic (exact) mass is 141 g/mol. The fourth-order valence-electron chi connectivity index (χ4n) is 0.366. The molecule has 3 heteroatoms. The Labute approximate surface area is 60.3 Å². The second-order valence-electron chi connectivity index (χ2n) is 1.54. The lowest BCUT2D eigenvalue weighted by atomic mass is 10.4. The maximum Gasteiger partial charge on any atom is 0.509 e. The van der Waals surface area contributed by atoms with Crippen molar-refractivity contribution in [2.75, 3.05) is 7.11 Å². The Bertz CT molecular complexity index is 163. The molecule has 0 fully saturated rings. The van der Waals surface area contributed by atoms with Gasteiger partial charge in [-0.2, -0.15) is 0 Å². The molecule has 0 aliphatic carbocycles. The van der Waals surface area contributed by atoms with Crippen LogP contribution in [0.5, 0.6) is 0 Å². The van der Waals surface area contributed by atoms with E-state index in [4.69, 9.17) is 0 Å². The first-order valence-electron chi connectivity index (χ1n) is 2.73. The van der Waals surface area contributed by atoms with Crippen LogP contribution in [0.3, 0.4) is 0 Å². The fraction of sp³-hybridized carbons (Fsp3) is 0.429. The van der Waals surface area contributed by atoms with Crippen LogP contribution in [0.15, 0.2) is 0 Å². The van der Waals surface area contributed by atoms with Crippen molar-refractivity contribution in [3.63, 3.8) is 0 Å². The van der Waals surface area contributed by atoms with Crippen molar-refractivity contribution in [2.45, 2.75) is 13.0 Å². The quantitative estimate of drug-likeness (QED) is 0.403. The Kier molecular flexibility index (Phi) is 4.14. The first kappa shape index (κ1) is 8.83. The van der Waals surface area contributed by atoms with E-state index in [1.165, 1.54) is 7.11 Å². The molecule has 0 aliphatic rings. The lowest BCUT2D eigenvalue weighted by Crippen LogP contribution is -2.12. The molecule has 0 saturated carbocycles. The Morgan fingerprint density at radius 3 is 2.70 bits per heavy atom. The number of carbonyl (C=O) groups excluding carboxylic acids is 1. The summed E-state index contributed by atoms with van der Waals surface area (Å²) < 4.78 is 8.78. The van der Waals surface area contributed by atoms with Gasteiger partial charge in [0, 0.05) is 6.92 Å². The van der Waals surface area contributed by atoms with Crippen molar-refractivity contribution in [1.82, 2.24) is 0 Å². The van der Waals surface area contributed by atoms with Crippen LogP contribution in [0.1, 0.15) is 6.92 Å². The number of carbonyl (C=O) groups is 1. The molecule has 0 bridgehead atoms. The molecule has 1 atom stereocenters. The van der Waals surface area contributed by atoms with E-state index < -0.39 is 12.3 Å². The minimum absolute atomic E-state index is 0.454. The van der Waals surface area contributed by atoms with Crippen LogP contribution in [-0.2, 0) is 9.47 Å². The summed E-state index contributed by atoms with van der Waals surface area (Å²) in [5.41, 5.74) is 0. The average Bonchev–Trinajstić information content (AvgIpc) is 1.88. The van der Waals surface area contributed by atoms with Crippen molar-refractivity contribution in [3.8, 4) is 11.8 Å². The highest BCUT2D eigenvalue weighted by Gasteiger charge is 2.04. The molecule has 0 spiro atoms. The number of methoxy groups -OCH3 is 1. The van der Waals surface area contributed by atoms with Crippen molar-refractivity contribution in [1.29, 1.82) is 0 Å². The summed E-state index contributed by atoms with van der Waals surface area (Å²) in [5, 5.41) is 0. The maximum absolute atomic E-state index is 10.4. The third-order valence-electron chi connectivity index (χ3n) is 0.745. The largest absolute Gasteiger partial charge is 0.509 e. The summed E-state index contributed by atoms with van der Waals surface area (Å²) in [6.45, 7) is 4.90. The van der Waals surface area contributed by atoms with Crippen LogP contribution in [-0.4, -0.2) is 19.4 Å². The molecule has 0 aromatic rings. The molecule has 0 saturated heterocycles. The Hall–Kier alpha value is -1.17. The Morgan fingerprint density at radius 1 is 1.70 bits per heavy atom. The van der Waals surface area contributed by atoms with Gasteiger partial charge in [-0.25, -0.2) is 4.79 Å². The Morgan fingerprint density at radius 2 is 2.30 bits per heavy atom. The van der Waals surface area contributed by atoms with Gasteiger partial charge in [0.05, 0.1) is 7.11 Å². The molecule has 0 amide bonds. The lowest BCUT2D eigenvalue weighted by Gasteiger charge is -2.03. The van der Waals surface area contributed by atoms with Gasteiger partial charge in [0.2, 0.25) is 0 Å². The first-order chi connectivity index (χ1) is 4.70. The molecule has 0 aromatic heterocycles. The third-order valence-corrected chi connectivity index (χ3v) is 0.745. The number of rotatable bonds is 1. The van der Waals surface area contributed by atoms with E-state index in [0.717, 1.165) is 0 Å². The van der Waals surface area contributed by atoms with Crippen LogP contribution < -0.4 is 0 Å². The molecule has 1 unspecified atom stereocenters. The van der Waals surface area contributed by atoms with Gasteiger partial charge in [0.15, 0.2) is 6.10 Å². The zero-order valence-electron chi connectivity index (χ0n) is 6.01. The summed E-state index contributed by atoms with van der Waals surface area (Å²) in [6.07, 6.45) is -1.18. The topological polar surface area (TPSA) is 35.5 Å². The highest BCUT2D eigenvalue weighted by molar-refractivity contribution is 5.60. The summed E-state index contributed by atoms with van der Waals surface area (Å²) in [7, 11) is 1.24. The minimum Gasteiger partial charge on any atom is -0.438 e. The zero-order chi connectivity index (χ0) is 7.98. The minimum atomic E-state index is -0.727. The zero-order valence-corrected chi connectivity index (χ0v) is 6.01. The van der Waals surface area contributed by atoms with Crippen molar-refractivity contribution >= 4 is 6.16 Å². The lowest BCUT2D eigenvalue weighted by molar-refractivity contribution is 0.0604. The van der Waals surface area contributed by atoms with Crippen LogP contribution >= 0.6 is 0 Å². The molecule has 3 nitrogen and oxygen atoms in total. The summed E-state index contributed by atoms with van der Waals surface area (Å²) in [4.78, 5) is 10.4. The summed E-state index contributed by atoms with van der Waals surface area (Å²) in [5.74, 6) is 4.89. The van der Waals surface area contributed by atoms with E-state index in [0.29, 0.717) is 0 Å². The van der Waals surface area contributed by atoms with Gasteiger partial charge in [0.25, 0.3) is 0 Å². The van der Waals surface area contributed by atoms with Gasteiger partial charge in [-0.3, -0.25) is 0 Å². The smallest absolute Gasteiger partial charge is 0.438 e. The molecule has 0 rings (SSSR count). The van der Waals surface area contributed by atoms with E-state index >= 15 is 0 Å². The Balaban J connectivity index is 3.64. The van der Waals surface area contributed by atoms with Crippen molar-refractivity contribution in [3.05, 3.63) is 6.92 Å². The number of hydrogen-bond acceptors (Lipinski definition) is 3. The predicted octanol–water partition coefficient (Wildman–Crippen LogP) is 0.995. The first-order valence-corrected chi connectivity index (χ1v) is 2.73. The molecule has 0 N–H and O–H groups in total. The molecule has 0 heterocycles. The molecular formula is C7H9O3. The summed E-state index contributed by atoms with van der Waals surface area (Å²) >= 11 is 0. The normalized spacial score (nSPS) is 10.7. The number of ether oxygens (including phenoxy) is 2. The molecule has 0 aromatic carbocycles. The van der Waals surface area contributed by atoms with Gasteiger partial charge in [0.1, 0.15) is 0 Å². The average molecular weight is 141 g/mol. The van der Waals surface area contributed by atoms with Gasteiger partial charge in [-0.05, 0) is 6.92 Å². The molecule has 1 radical (unpaired) electrons. The second kappa shape index (κ2) is 4.68. The van der Waals surface area contributed by atoms with Crippen molar-refractivity contribution in [2.24, 2.45) is 0 Å². The van der Waals surface area contributed by atoms with E-state index in [9.17, 15) is 4.79 Å².